The molecule has 0 N–H and O–H groups in total. The first-order chi connectivity index (χ1) is 17.7. The lowest BCUT2D eigenvalue weighted by Crippen LogP contribution is -2.23. The summed E-state index contributed by atoms with van der Waals surface area (Å²) in [4.78, 5) is 0. The van der Waals surface area contributed by atoms with Crippen LogP contribution >= 0.6 is 0 Å². The predicted molar refractivity (Wildman–Crippen MR) is 163 cm³/mol. The molecule has 2 nitrogen and oxygen atoms in total. The van der Waals surface area contributed by atoms with E-state index in [1.165, 1.54) is 10.4 Å². The molecule has 188 valence electrons. The summed E-state index contributed by atoms with van der Waals surface area (Å²) in [5.41, 5.74) is 2.15. The standard InChI is InChI=1S/C32H40O2Si2/c1-5-9-17-29(13-7-3)33-35-31-23-19-27(20-24-31)15-11-12-16-28-21-25-32(26-22-28)36-34-30(14-8-4)18-10-6-2/h5-8,11,15,19-26,29-30H,1-4,9-10,13-14,17-18,35-36H2/b15-11-. The number of hydrogen-bond acceptors (Lipinski definition) is 2. The van der Waals surface area contributed by atoms with Gasteiger partial charge in [0.15, 0.2) is 19.5 Å². The van der Waals surface area contributed by atoms with Crippen LogP contribution in [-0.4, -0.2) is 31.7 Å². The molecule has 2 atom stereocenters. The van der Waals surface area contributed by atoms with Gasteiger partial charge in [-0.15, -0.1) is 26.3 Å². The Kier molecular flexibility index (Phi) is 14.9. The van der Waals surface area contributed by atoms with Crippen LogP contribution in [0, 0.1) is 11.8 Å². The molecular weight excluding hydrogens is 473 g/mol. The van der Waals surface area contributed by atoms with Crippen LogP contribution in [0.4, 0.5) is 0 Å². The van der Waals surface area contributed by atoms with E-state index in [1.807, 2.05) is 36.5 Å². The van der Waals surface area contributed by atoms with Crippen LogP contribution < -0.4 is 10.4 Å². The summed E-state index contributed by atoms with van der Waals surface area (Å²) >= 11 is 0. The van der Waals surface area contributed by atoms with Gasteiger partial charge in [0.2, 0.25) is 0 Å². The van der Waals surface area contributed by atoms with E-state index in [2.05, 4.69) is 86.7 Å². The fourth-order valence-electron chi connectivity index (χ4n) is 3.62. The molecule has 36 heavy (non-hydrogen) atoms. The Balaban J connectivity index is 1.82. The SMILES string of the molecule is C=CCCC(CC=C)O[SiH2]c1ccc(C#C/C=C\c2ccc([SiH2]OC(CC=C)CCC=C)cc2)cc1. The third-order valence-electron chi connectivity index (χ3n) is 5.73. The topological polar surface area (TPSA) is 18.5 Å². The van der Waals surface area contributed by atoms with Gasteiger partial charge < -0.3 is 8.85 Å². The maximum Gasteiger partial charge on any atom is 0.192 e. The van der Waals surface area contributed by atoms with Gasteiger partial charge in [-0.2, -0.15) is 0 Å². The summed E-state index contributed by atoms with van der Waals surface area (Å²) < 4.78 is 12.4. The molecule has 0 aromatic heterocycles. The fourth-order valence-corrected chi connectivity index (χ4v) is 5.94. The lowest BCUT2D eigenvalue weighted by atomic mass is 10.1. The highest BCUT2D eigenvalue weighted by molar-refractivity contribution is 6.47. The number of rotatable bonds is 17. The van der Waals surface area contributed by atoms with Crippen LogP contribution in [0.15, 0.2) is 105 Å². The molecule has 0 bridgehead atoms. The van der Waals surface area contributed by atoms with Gasteiger partial charge >= 0.3 is 0 Å². The van der Waals surface area contributed by atoms with E-state index in [-0.39, 0.29) is 12.2 Å². The minimum Gasteiger partial charge on any atom is -0.415 e. The van der Waals surface area contributed by atoms with Gasteiger partial charge in [0.25, 0.3) is 0 Å². The van der Waals surface area contributed by atoms with Crippen molar-refractivity contribution in [2.45, 2.75) is 50.7 Å². The molecule has 0 saturated heterocycles. The second-order valence-electron chi connectivity index (χ2n) is 8.69. The Hall–Kier alpha value is -2.95. The third kappa shape index (κ3) is 12.1. The maximum absolute atomic E-state index is 6.19. The molecule has 2 rings (SSSR count). The molecule has 2 aromatic carbocycles. The Morgan fingerprint density at radius 2 is 1.19 bits per heavy atom. The monoisotopic (exact) mass is 512 g/mol. The van der Waals surface area contributed by atoms with E-state index in [4.69, 9.17) is 8.85 Å². The van der Waals surface area contributed by atoms with E-state index in [9.17, 15) is 0 Å². The van der Waals surface area contributed by atoms with Crippen LogP contribution in [0.25, 0.3) is 6.08 Å². The molecule has 0 aliphatic carbocycles. The molecule has 0 aliphatic rings. The van der Waals surface area contributed by atoms with Crippen LogP contribution in [-0.2, 0) is 8.85 Å². The minimum atomic E-state index is -0.759. The Bertz CT molecular complexity index is 1030. The summed E-state index contributed by atoms with van der Waals surface area (Å²) in [5, 5.41) is 2.59. The van der Waals surface area contributed by atoms with Gasteiger partial charge in [-0.1, -0.05) is 72.5 Å². The molecular formula is C32H40O2Si2. The summed E-state index contributed by atoms with van der Waals surface area (Å²) in [5.74, 6) is 6.36. The first-order valence-corrected chi connectivity index (χ1v) is 15.3. The normalized spacial score (nSPS) is 13.0. The quantitative estimate of drug-likeness (QED) is 0.168. The molecule has 0 saturated carbocycles. The zero-order chi connectivity index (χ0) is 25.8. The van der Waals surface area contributed by atoms with E-state index in [0.717, 1.165) is 49.7 Å². The first-order valence-electron chi connectivity index (χ1n) is 12.7. The summed E-state index contributed by atoms with van der Waals surface area (Å²) in [6.07, 6.45) is 18.0. The van der Waals surface area contributed by atoms with Crippen LogP contribution in [0.5, 0.6) is 0 Å². The van der Waals surface area contributed by atoms with Gasteiger partial charge in [0.05, 0.1) is 0 Å². The van der Waals surface area contributed by atoms with E-state index >= 15 is 0 Å². The number of benzene rings is 2. The smallest absolute Gasteiger partial charge is 0.192 e. The van der Waals surface area contributed by atoms with Crippen LogP contribution in [0.1, 0.15) is 49.7 Å². The Labute approximate surface area is 223 Å². The summed E-state index contributed by atoms with van der Waals surface area (Å²) in [6, 6.07) is 17.0. The van der Waals surface area contributed by atoms with E-state index in [0.29, 0.717) is 0 Å². The zero-order valence-corrected chi connectivity index (χ0v) is 24.4. The highest BCUT2D eigenvalue weighted by Gasteiger charge is 2.07. The first kappa shape index (κ1) is 29.3. The van der Waals surface area contributed by atoms with Gasteiger partial charge in [0.1, 0.15) is 0 Å². The van der Waals surface area contributed by atoms with Crippen molar-refractivity contribution in [3.63, 3.8) is 0 Å². The van der Waals surface area contributed by atoms with Crippen LogP contribution in [0.3, 0.4) is 0 Å². The molecule has 0 amide bonds. The van der Waals surface area contributed by atoms with Gasteiger partial charge in [0, 0.05) is 17.8 Å². The van der Waals surface area contributed by atoms with Crippen molar-refractivity contribution in [2.24, 2.45) is 0 Å². The van der Waals surface area contributed by atoms with E-state index < -0.39 is 19.5 Å². The van der Waals surface area contributed by atoms with Crippen LogP contribution in [0.2, 0.25) is 0 Å². The lowest BCUT2D eigenvalue weighted by molar-refractivity contribution is 0.209. The molecule has 0 radical (unpaired) electrons. The van der Waals surface area contributed by atoms with Crippen molar-refractivity contribution in [3.8, 4) is 11.8 Å². The number of hydrogen-bond donors (Lipinski definition) is 0. The molecule has 4 heteroatoms. The van der Waals surface area contributed by atoms with Gasteiger partial charge in [-0.05, 0) is 78.7 Å². The maximum atomic E-state index is 6.19. The highest BCUT2D eigenvalue weighted by Crippen LogP contribution is 2.09. The largest absolute Gasteiger partial charge is 0.415 e. The fraction of sp³-hybridized carbons (Fsp3) is 0.250. The molecule has 0 aliphatic heterocycles. The third-order valence-corrected chi connectivity index (χ3v) is 8.61. The Morgan fingerprint density at radius 3 is 1.67 bits per heavy atom. The van der Waals surface area contributed by atoms with Crippen molar-refractivity contribution in [1.29, 1.82) is 0 Å². The average Bonchev–Trinajstić information content (AvgIpc) is 2.91. The summed E-state index contributed by atoms with van der Waals surface area (Å²) in [7, 11) is -1.51. The average molecular weight is 513 g/mol. The second kappa shape index (κ2) is 18.3. The summed E-state index contributed by atoms with van der Waals surface area (Å²) in [6.45, 7) is 15.3. The number of allylic oxidation sites excluding steroid dienone is 3. The second-order valence-corrected chi connectivity index (χ2v) is 11.6. The van der Waals surface area contributed by atoms with Crippen molar-refractivity contribution >= 4 is 36.0 Å². The highest BCUT2D eigenvalue weighted by atomic mass is 28.2. The molecule has 2 unspecified atom stereocenters. The van der Waals surface area contributed by atoms with Crippen molar-refractivity contribution in [3.05, 3.63) is 116 Å². The van der Waals surface area contributed by atoms with E-state index in [1.54, 1.807) is 0 Å². The van der Waals surface area contributed by atoms with Crippen molar-refractivity contribution < 1.29 is 8.85 Å². The molecule has 0 fully saturated rings. The minimum absolute atomic E-state index is 0.247. The van der Waals surface area contributed by atoms with Crippen molar-refractivity contribution in [1.82, 2.24) is 0 Å². The molecule has 0 heterocycles. The lowest BCUT2D eigenvalue weighted by Gasteiger charge is -2.15. The zero-order valence-electron chi connectivity index (χ0n) is 21.5. The van der Waals surface area contributed by atoms with Gasteiger partial charge in [-0.3, -0.25) is 0 Å². The Morgan fingerprint density at radius 1 is 0.694 bits per heavy atom. The van der Waals surface area contributed by atoms with Crippen molar-refractivity contribution in [2.75, 3.05) is 0 Å². The van der Waals surface area contributed by atoms with Gasteiger partial charge in [-0.25, -0.2) is 0 Å². The molecule has 0 spiro atoms. The predicted octanol–water partition coefficient (Wildman–Crippen LogP) is 5.02. The molecule has 2 aromatic rings.